The molecule has 0 unspecified atom stereocenters. The van der Waals surface area contributed by atoms with Gasteiger partial charge in [-0.3, -0.25) is 4.90 Å². The predicted molar refractivity (Wildman–Crippen MR) is 104 cm³/mol. The van der Waals surface area contributed by atoms with Crippen molar-refractivity contribution in [3.63, 3.8) is 0 Å². The van der Waals surface area contributed by atoms with Crippen LogP contribution in [0.3, 0.4) is 0 Å². The number of hydrogen-bond acceptors (Lipinski definition) is 4. The Labute approximate surface area is 154 Å². The van der Waals surface area contributed by atoms with Crippen LogP contribution >= 0.6 is 0 Å². The molecule has 1 aromatic rings. The Balaban J connectivity index is 1.43. The highest BCUT2D eigenvalue weighted by Crippen LogP contribution is 2.35. The molecule has 0 atom stereocenters. The lowest BCUT2D eigenvalue weighted by atomic mass is 9.79. The maximum absolute atomic E-state index is 4.56. The number of nitrogens with zero attached hydrogens (tertiary/aromatic N) is 4. The van der Waals surface area contributed by atoms with Crippen molar-refractivity contribution in [1.82, 2.24) is 19.8 Å². The van der Waals surface area contributed by atoms with Gasteiger partial charge in [0.25, 0.3) is 0 Å². The first-order valence-corrected chi connectivity index (χ1v) is 10.3. The highest BCUT2D eigenvalue weighted by Gasteiger charge is 2.26. The minimum Gasteiger partial charge on any atom is -0.301 e. The molecule has 0 radical (unpaired) electrons. The number of aromatic nitrogens is 2. The SMILES string of the molecule is CC(C)c1ncc(C2CCC(CN3CCN(C(C)C)CC3)CC2)cn1. The van der Waals surface area contributed by atoms with Crippen molar-refractivity contribution in [3.05, 3.63) is 23.8 Å². The van der Waals surface area contributed by atoms with Gasteiger partial charge in [0, 0.05) is 57.1 Å². The first-order valence-electron chi connectivity index (χ1n) is 10.3. The summed E-state index contributed by atoms with van der Waals surface area (Å²) in [5, 5.41) is 0. The van der Waals surface area contributed by atoms with Crippen molar-refractivity contribution in [2.24, 2.45) is 5.92 Å². The van der Waals surface area contributed by atoms with E-state index in [0.29, 0.717) is 17.9 Å². The molecule has 0 N–H and O–H groups in total. The van der Waals surface area contributed by atoms with Crippen molar-refractivity contribution in [2.75, 3.05) is 32.7 Å². The highest BCUT2D eigenvalue weighted by atomic mass is 15.3. The molecule has 1 saturated carbocycles. The molecule has 0 aromatic carbocycles. The fourth-order valence-electron chi connectivity index (χ4n) is 4.36. The van der Waals surface area contributed by atoms with Crippen LogP contribution in [0.4, 0.5) is 0 Å². The maximum Gasteiger partial charge on any atom is 0.130 e. The summed E-state index contributed by atoms with van der Waals surface area (Å²) >= 11 is 0. The van der Waals surface area contributed by atoms with E-state index in [-0.39, 0.29) is 0 Å². The lowest BCUT2D eigenvalue weighted by Gasteiger charge is -2.39. The quantitative estimate of drug-likeness (QED) is 0.811. The van der Waals surface area contributed by atoms with E-state index < -0.39 is 0 Å². The van der Waals surface area contributed by atoms with E-state index in [1.807, 2.05) is 0 Å². The van der Waals surface area contributed by atoms with Crippen LogP contribution < -0.4 is 0 Å². The summed E-state index contributed by atoms with van der Waals surface area (Å²) in [5.74, 6) is 2.95. The molecular weight excluding hydrogens is 308 g/mol. The first kappa shape index (κ1) is 18.8. The largest absolute Gasteiger partial charge is 0.301 e. The average molecular weight is 345 g/mol. The predicted octanol–water partition coefficient (Wildman–Crippen LogP) is 3.90. The molecule has 1 aromatic heterocycles. The Morgan fingerprint density at radius 2 is 1.52 bits per heavy atom. The van der Waals surface area contributed by atoms with Gasteiger partial charge in [-0.2, -0.15) is 0 Å². The molecule has 3 rings (SSSR count). The lowest BCUT2D eigenvalue weighted by molar-refractivity contribution is 0.0897. The molecule has 1 aliphatic heterocycles. The van der Waals surface area contributed by atoms with E-state index >= 15 is 0 Å². The maximum atomic E-state index is 4.56. The number of hydrogen-bond donors (Lipinski definition) is 0. The van der Waals surface area contributed by atoms with Gasteiger partial charge in [0.05, 0.1) is 0 Å². The Morgan fingerprint density at radius 3 is 2.04 bits per heavy atom. The second kappa shape index (κ2) is 8.59. The molecule has 0 spiro atoms. The van der Waals surface area contributed by atoms with Gasteiger partial charge in [-0.1, -0.05) is 13.8 Å². The van der Waals surface area contributed by atoms with Crippen LogP contribution in [0.5, 0.6) is 0 Å². The molecule has 2 aliphatic rings. The second-order valence-corrected chi connectivity index (χ2v) is 8.68. The molecule has 2 fully saturated rings. The fraction of sp³-hybridized carbons (Fsp3) is 0.810. The lowest BCUT2D eigenvalue weighted by Crippen LogP contribution is -2.50. The minimum absolute atomic E-state index is 0.418. The zero-order chi connectivity index (χ0) is 17.8. The van der Waals surface area contributed by atoms with Gasteiger partial charge in [0.15, 0.2) is 0 Å². The third-order valence-corrected chi connectivity index (χ3v) is 6.18. The van der Waals surface area contributed by atoms with E-state index in [0.717, 1.165) is 11.7 Å². The molecule has 140 valence electrons. The Kier molecular flexibility index (Phi) is 6.45. The van der Waals surface area contributed by atoms with Crippen LogP contribution in [0.2, 0.25) is 0 Å². The Morgan fingerprint density at radius 1 is 0.920 bits per heavy atom. The molecule has 0 bridgehead atoms. The van der Waals surface area contributed by atoms with Crippen molar-refractivity contribution < 1.29 is 0 Å². The number of rotatable bonds is 5. The number of piperazine rings is 1. The van der Waals surface area contributed by atoms with Gasteiger partial charge in [-0.15, -0.1) is 0 Å². The molecule has 4 nitrogen and oxygen atoms in total. The Bertz CT molecular complexity index is 509. The zero-order valence-corrected chi connectivity index (χ0v) is 16.6. The van der Waals surface area contributed by atoms with E-state index in [9.17, 15) is 0 Å². The average Bonchev–Trinajstić information content (AvgIpc) is 2.63. The van der Waals surface area contributed by atoms with Crippen LogP contribution in [0.25, 0.3) is 0 Å². The third-order valence-electron chi connectivity index (χ3n) is 6.18. The summed E-state index contributed by atoms with van der Waals surface area (Å²) < 4.78 is 0. The molecule has 4 heteroatoms. The van der Waals surface area contributed by atoms with Gasteiger partial charge in [-0.05, 0) is 56.9 Å². The summed E-state index contributed by atoms with van der Waals surface area (Å²) in [4.78, 5) is 14.4. The van der Waals surface area contributed by atoms with E-state index in [4.69, 9.17) is 0 Å². The van der Waals surface area contributed by atoms with Crippen molar-refractivity contribution in [1.29, 1.82) is 0 Å². The van der Waals surface area contributed by atoms with Crippen LogP contribution in [-0.2, 0) is 0 Å². The Hall–Kier alpha value is -1.00. The fourth-order valence-corrected chi connectivity index (χ4v) is 4.36. The minimum atomic E-state index is 0.418. The van der Waals surface area contributed by atoms with Crippen LogP contribution in [0.15, 0.2) is 12.4 Å². The van der Waals surface area contributed by atoms with Gasteiger partial charge in [-0.25, -0.2) is 9.97 Å². The normalized spacial score (nSPS) is 26.5. The third kappa shape index (κ3) is 5.01. The molecule has 25 heavy (non-hydrogen) atoms. The molecule has 1 aliphatic carbocycles. The molecule has 0 amide bonds. The smallest absolute Gasteiger partial charge is 0.130 e. The van der Waals surface area contributed by atoms with E-state index in [2.05, 4.69) is 59.9 Å². The van der Waals surface area contributed by atoms with Crippen molar-refractivity contribution in [2.45, 2.75) is 71.3 Å². The summed E-state index contributed by atoms with van der Waals surface area (Å²) in [6, 6.07) is 0.696. The van der Waals surface area contributed by atoms with Gasteiger partial charge in [0.1, 0.15) is 5.82 Å². The van der Waals surface area contributed by atoms with Crippen LogP contribution in [0, 0.1) is 5.92 Å². The highest BCUT2D eigenvalue weighted by molar-refractivity contribution is 5.13. The van der Waals surface area contributed by atoms with Gasteiger partial charge < -0.3 is 4.90 Å². The van der Waals surface area contributed by atoms with E-state index in [1.54, 1.807) is 0 Å². The summed E-state index contributed by atoms with van der Waals surface area (Å²) in [6.45, 7) is 15.2. The molecular formula is C21H36N4. The van der Waals surface area contributed by atoms with Gasteiger partial charge in [0.2, 0.25) is 0 Å². The first-order chi connectivity index (χ1) is 12.0. The molecule has 2 heterocycles. The summed E-state index contributed by atoms with van der Waals surface area (Å²) in [7, 11) is 0. The summed E-state index contributed by atoms with van der Waals surface area (Å²) in [5.41, 5.74) is 1.35. The molecule has 1 saturated heterocycles. The zero-order valence-electron chi connectivity index (χ0n) is 16.6. The van der Waals surface area contributed by atoms with Crippen molar-refractivity contribution in [3.8, 4) is 0 Å². The van der Waals surface area contributed by atoms with Gasteiger partial charge >= 0.3 is 0 Å². The topological polar surface area (TPSA) is 32.3 Å². The van der Waals surface area contributed by atoms with Crippen LogP contribution in [0.1, 0.15) is 76.6 Å². The monoisotopic (exact) mass is 344 g/mol. The van der Waals surface area contributed by atoms with Crippen LogP contribution in [-0.4, -0.2) is 58.5 Å². The van der Waals surface area contributed by atoms with Crippen molar-refractivity contribution >= 4 is 0 Å². The summed E-state index contributed by atoms with van der Waals surface area (Å²) in [6.07, 6.45) is 9.50. The standard InChI is InChI=1S/C21H36N4/c1-16(2)21-22-13-20(14-23-21)19-7-5-18(6-8-19)15-24-9-11-25(12-10-24)17(3)4/h13-14,16-19H,5-12,15H2,1-4H3. The second-order valence-electron chi connectivity index (χ2n) is 8.68. The van der Waals surface area contributed by atoms with E-state index in [1.165, 1.54) is 64.0 Å².